The maximum Gasteiger partial charge on any atom is 0.145 e. The first kappa shape index (κ1) is 12.8. The molecule has 1 aliphatic heterocycles. The molecule has 1 aromatic carbocycles. The molecule has 1 fully saturated rings. The Kier molecular flexibility index (Phi) is 3.89. The summed E-state index contributed by atoms with van der Waals surface area (Å²) in [6, 6.07) is 10.3. The molecule has 1 aliphatic rings. The van der Waals surface area contributed by atoms with E-state index in [1.807, 2.05) is 23.9 Å². The van der Waals surface area contributed by atoms with Crippen LogP contribution >= 0.6 is 11.8 Å². The second-order valence-corrected chi connectivity index (χ2v) is 5.95. The van der Waals surface area contributed by atoms with Crippen LogP contribution in [-0.4, -0.2) is 41.6 Å². The van der Waals surface area contributed by atoms with Gasteiger partial charge in [0.25, 0.3) is 0 Å². The minimum absolute atomic E-state index is 0.855. The molecule has 0 radical (unpaired) electrons. The molecule has 0 aliphatic carbocycles. The monoisotopic (exact) mass is 274 g/mol. The van der Waals surface area contributed by atoms with Gasteiger partial charge in [0.05, 0.1) is 12.8 Å². The van der Waals surface area contributed by atoms with Crippen LogP contribution in [0.15, 0.2) is 30.3 Å². The zero-order valence-corrected chi connectivity index (χ0v) is 11.9. The summed E-state index contributed by atoms with van der Waals surface area (Å²) in [6.45, 7) is 3.27. The van der Waals surface area contributed by atoms with E-state index in [1.54, 1.807) is 7.11 Å². The van der Waals surface area contributed by atoms with Gasteiger partial charge in [0.1, 0.15) is 11.3 Å². The van der Waals surface area contributed by atoms with E-state index in [4.69, 9.17) is 9.72 Å². The van der Waals surface area contributed by atoms with Gasteiger partial charge < -0.3 is 4.74 Å². The maximum atomic E-state index is 5.39. The molecule has 0 bridgehead atoms. The average molecular weight is 274 g/mol. The number of hydrogen-bond donors (Lipinski definition) is 0. The van der Waals surface area contributed by atoms with Crippen LogP contribution in [0.4, 0.5) is 0 Å². The molecular formula is C15H18N2OS. The summed E-state index contributed by atoms with van der Waals surface area (Å²) < 4.78 is 5.39. The van der Waals surface area contributed by atoms with Crippen molar-refractivity contribution in [1.82, 2.24) is 9.88 Å². The van der Waals surface area contributed by atoms with Crippen LogP contribution in [0.25, 0.3) is 10.9 Å². The van der Waals surface area contributed by atoms with Crippen LogP contribution in [0.5, 0.6) is 5.75 Å². The lowest BCUT2D eigenvalue weighted by molar-refractivity contribution is 0.291. The second-order valence-electron chi connectivity index (χ2n) is 4.72. The molecule has 2 heterocycles. The summed E-state index contributed by atoms with van der Waals surface area (Å²) in [6.07, 6.45) is 0. The van der Waals surface area contributed by atoms with Crippen LogP contribution in [0.2, 0.25) is 0 Å². The van der Waals surface area contributed by atoms with E-state index in [0.29, 0.717) is 0 Å². The number of rotatable bonds is 3. The molecule has 0 unspecified atom stereocenters. The summed E-state index contributed by atoms with van der Waals surface area (Å²) >= 11 is 2.04. The second kappa shape index (κ2) is 5.80. The number of para-hydroxylation sites is 1. The van der Waals surface area contributed by atoms with E-state index in [9.17, 15) is 0 Å². The zero-order chi connectivity index (χ0) is 13.1. The van der Waals surface area contributed by atoms with Crippen molar-refractivity contribution in [2.75, 3.05) is 31.7 Å². The Hall–Kier alpha value is -1.26. The molecule has 1 saturated heterocycles. The number of pyridine rings is 1. The number of benzene rings is 1. The standard InChI is InChI=1S/C15H18N2OS/c1-18-14-4-2-3-12-5-6-13(16-15(12)14)11-17-7-9-19-10-8-17/h2-6H,7-11H2,1H3. The Bertz CT molecular complexity index is 567. The van der Waals surface area contributed by atoms with Gasteiger partial charge in [-0.1, -0.05) is 18.2 Å². The first-order valence-electron chi connectivity index (χ1n) is 6.59. The van der Waals surface area contributed by atoms with Gasteiger partial charge in [0, 0.05) is 36.5 Å². The van der Waals surface area contributed by atoms with Gasteiger partial charge in [-0.2, -0.15) is 11.8 Å². The third-order valence-corrected chi connectivity index (χ3v) is 4.39. The molecule has 0 atom stereocenters. The Morgan fingerprint density at radius 2 is 2.05 bits per heavy atom. The number of methoxy groups -OCH3 is 1. The highest BCUT2D eigenvalue weighted by Crippen LogP contribution is 2.24. The molecule has 3 rings (SSSR count). The van der Waals surface area contributed by atoms with Crippen LogP contribution in [0.3, 0.4) is 0 Å². The molecule has 100 valence electrons. The smallest absolute Gasteiger partial charge is 0.145 e. The summed E-state index contributed by atoms with van der Waals surface area (Å²) in [5, 5.41) is 1.14. The molecular weight excluding hydrogens is 256 g/mol. The van der Waals surface area contributed by atoms with Crippen LogP contribution in [0.1, 0.15) is 5.69 Å². The van der Waals surface area contributed by atoms with Gasteiger partial charge in [-0.25, -0.2) is 4.98 Å². The van der Waals surface area contributed by atoms with Crippen LogP contribution < -0.4 is 4.74 Å². The molecule has 0 N–H and O–H groups in total. The lowest BCUT2D eigenvalue weighted by Gasteiger charge is -2.25. The van der Waals surface area contributed by atoms with Crippen LogP contribution in [0, 0.1) is 0 Å². The van der Waals surface area contributed by atoms with Crippen molar-refractivity contribution in [2.45, 2.75) is 6.54 Å². The number of aromatic nitrogens is 1. The van der Waals surface area contributed by atoms with Crippen LogP contribution in [-0.2, 0) is 6.54 Å². The fourth-order valence-electron chi connectivity index (χ4n) is 2.40. The van der Waals surface area contributed by atoms with Crippen molar-refractivity contribution in [3.63, 3.8) is 0 Å². The van der Waals surface area contributed by atoms with E-state index >= 15 is 0 Å². The van der Waals surface area contributed by atoms with E-state index in [-0.39, 0.29) is 0 Å². The number of thioether (sulfide) groups is 1. The molecule has 0 spiro atoms. The summed E-state index contributed by atoms with van der Waals surface area (Å²) in [5.41, 5.74) is 2.10. The van der Waals surface area contributed by atoms with Crippen molar-refractivity contribution in [1.29, 1.82) is 0 Å². The largest absolute Gasteiger partial charge is 0.494 e. The van der Waals surface area contributed by atoms with E-state index in [0.717, 1.165) is 42.0 Å². The SMILES string of the molecule is COc1cccc2ccc(CN3CCSCC3)nc12. The summed E-state index contributed by atoms with van der Waals surface area (Å²) in [4.78, 5) is 7.24. The normalized spacial score (nSPS) is 16.7. The first-order chi connectivity index (χ1) is 9.36. The fraction of sp³-hybridized carbons (Fsp3) is 0.400. The topological polar surface area (TPSA) is 25.4 Å². The highest BCUT2D eigenvalue weighted by Gasteiger charge is 2.12. The van der Waals surface area contributed by atoms with Gasteiger partial charge in [-0.3, -0.25) is 4.90 Å². The number of ether oxygens (including phenoxy) is 1. The third-order valence-electron chi connectivity index (χ3n) is 3.45. The van der Waals surface area contributed by atoms with Crippen molar-refractivity contribution in [3.05, 3.63) is 36.0 Å². The molecule has 4 heteroatoms. The predicted octanol–water partition coefficient (Wildman–Crippen LogP) is 2.79. The zero-order valence-electron chi connectivity index (χ0n) is 11.1. The Morgan fingerprint density at radius 1 is 1.21 bits per heavy atom. The highest BCUT2D eigenvalue weighted by molar-refractivity contribution is 7.99. The van der Waals surface area contributed by atoms with Gasteiger partial charge in [0.15, 0.2) is 0 Å². The minimum Gasteiger partial charge on any atom is -0.494 e. The highest BCUT2D eigenvalue weighted by atomic mass is 32.2. The van der Waals surface area contributed by atoms with E-state index < -0.39 is 0 Å². The van der Waals surface area contributed by atoms with Gasteiger partial charge in [-0.05, 0) is 12.1 Å². The summed E-state index contributed by atoms with van der Waals surface area (Å²) in [7, 11) is 1.70. The third kappa shape index (κ3) is 2.85. The number of fused-ring (bicyclic) bond motifs is 1. The lowest BCUT2D eigenvalue weighted by Crippen LogP contribution is -2.32. The average Bonchev–Trinajstić information content (AvgIpc) is 2.47. The molecule has 1 aromatic heterocycles. The quantitative estimate of drug-likeness (QED) is 0.859. The molecule has 3 nitrogen and oxygen atoms in total. The van der Waals surface area contributed by atoms with Gasteiger partial charge >= 0.3 is 0 Å². The molecule has 2 aromatic rings. The van der Waals surface area contributed by atoms with Crippen molar-refractivity contribution >= 4 is 22.7 Å². The Balaban J connectivity index is 1.87. The Morgan fingerprint density at radius 3 is 2.84 bits per heavy atom. The van der Waals surface area contributed by atoms with E-state index in [2.05, 4.69) is 23.1 Å². The number of nitrogens with zero attached hydrogens (tertiary/aromatic N) is 2. The number of hydrogen-bond acceptors (Lipinski definition) is 4. The molecule has 0 saturated carbocycles. The fourth-order valence-corrected chi connectivity index (χ4v) is 3.38. The predicted molar refractivity (Wildman–Crippen MR) is 80.9 cm³/mol. The maximum absolute atomic E-state index is 5.39. The van der Waals surface area contributed by atoms with Crippen molar-refractivity contribution < 1.29 is 4.74 Å². The lowest BCUT2D eigenvalue weighted by atomic mass is 10.2. The van der Waals surface area contributed by atoms with Crippen molar-refractivity contribution in [2.24, 2.45) is 0 Å². The van der Waals surface area contributed by atoms with E-state index in [1.165, 1.54) is 11.5 Å². The molecule has 0 amide bonds. The summed E-state index contributed by atoms with van der Waals surface area (Å²) in [5.74, 6) is 3.32. The molecule has 19 heavy (non-hydrogen) atoms. The minimum atomic E-state index is 0.855. The van der Waals surface area contributed by atoms with Crippen molar-refractivity contribution in [3.8, 4) is 5.75 Å². The van der Waals surface area contributed by atoms with Gasteiger partial charge in [-0.15, -0.1) is 0 Å². The first-order valence-corrected chi connectivity index (χ1v) is 7.75. The Labute approximate surface area is 118 Å². The van der Waals surface area contributed by atoms with Gasteiger partial charge in [0.2, 0.25) is 0 Å².